The number of carbonyl (C=O) groups excluding carboxylic acids is 1. The fourth-order valence-corrected chi connectivity index (χ4v) is 3.71. The molecule has 1 atom stereocenters. The van der Waals surface area contributed by atoms with Crippen LogP contribution in [0.5, 0.6) is 0 Å². The first-order valence-corrected chi connectivity index (χ1v) is 8.97. The van der Waals surface area contributed by atoms with Gasteiger partial charge in [0.1, 0.15) is 5.82 Å². The molecule has 0 radical (unpaired) electrons. The van der Waals surface area contributed by atoms with Crippen LogP contribution in [0.15, 0.2) is 78.4 Å². The van der Waals surface area contributed by atoms with Crippen LogP contribution in [0.3, 0.4) is 0 Å². The van der Waals surface area contributed by atoms with Gasteiger partial charge in [-0.3, -0.25) is 15.1 Å². The summed E-state index contributed by atoms with van der Waals surface area (Å²) in [5.74, 6) is -0.556. The van der Waals surface area contributed by atoms with Crippen LogP contribution in [0.4, 0.5) is 4.39 Å². The highest BCUT2D eigenvalue weighted by Gasteiger charge is 2.52. The summed E-state index contributed by atoms with van der Waals surface area (Å²) in [6.07, 6.45) is 7.85. The van der Waals surface area contributed by atoms with Crippen molar-refractivity contribution in [1.82, 2.24) is 10.2 Å². The van der Waals surface area contributed by atoms with E-state index in [1.54, 1.807) is 12.1 Å². The van der Waals surface area contributed by atoms with Gasteiger partial charge in [-0.05, 0) is 41.7 Å². The fraction of sp³-hybridized carbons (Fsp3) is 0.182. The fourth-order valence-electron chi connectivity index (χ4n) is 3.71. The number of benzene rings is 2. The molecular weight excluding hydrogens is 341 g/mol. The Morgan fingerprint density at radius 1 is 1.11 bits per heavy atom. The third kappa shape index (κ3) is 2.95. The van der Waals surface area contributed by atoms with E-state index < -0.39 is 5.54 Å². The molecule has 2 N–H and O–H groups in total. The van der Waals surface area contributed by atoms with Crippen LogP contribution in [0.1, 0.15) is 24.0 Å². The molecule has 1 aliphatic heterocycles. The van der Waals surface area contributed by atoms with Crippen LogP contribution >= 0.6 is 0 Å². The zero-order valence-electron chi connectivity index (χ0n) is 14.8. The molecule has 0 saturated carbocycles. The van der Waals surface area contributed by atoms with E-state index in [9.17, 15) is 9.18 Å². The van der Waals surface area contributed by atoms with Crippen molar-refractivity contribution in [3.8, 4) is 0 Å². The van der Waals surface area contributed by atoms with Crippen LogP contribution in [-0.4, -0.2) is 16.8 Å². The highest BCUT2D eigenvalue weighted by atomic mass is 19.1. The topological polar surface area (TPSA) is 56.2 Å². The van der Waals surface area contributed by atoms with Crippen LogP contribution < -0.4 is 5.32 Å². The van der Waals surface area contributed by atoms with E-state index >= 15 is 0 Å². The molecule has 136 valence electrons. The first kappa shape index (κ1) is 17.2. The van der Waals surface area contributed by atoms with E-state index in [-0.39, 0.29) is 24.2 Å². The molecule has 1 saturated heterocycles. The van der Waals surface area contributed by atoms with E-state index in [0.29, 0.717) is 5.56 Å². The Morgan fingerprint density at radius 3 is 2.63 bits per heavy atom. The maximum Gasteiger partial charge on any atom is 0.264 e. The molecular formula is C22H20FN3O. The van der Waals surface area contributed by atoms with Gasteiger partial charge in [0, 0.05) is 0 Å². The third-order valence-corrected chi connectivity index (χ3v) is 5.01. The van der Waals surface area contributed by atoms with Gasteiger partial charge in [0.2, 0.25) is 0 Å². The molecule has 2 aromatic rings. The van der Waals surface area contributed by atoms with E-state index in [1.807, 2.05) is 42.5 Å². The lowest BCUT2D eigenvalue weighted by molar-refractivity contribution is -0.130. The van der Waals surface area contributed by atoms with E-state index in [0.717, 1.165) is 24.0 Å². The summed E-state index contributed by atoms with van der Waals surface area (Å²) in [6.45, 7) is 0.147. The lowest BCUT2D eigenvalue weighted by Crippen LogP contribution is -2.45. The molecule has 0 aromatic heterocycles. The standard InChI is InChI=1S/C22H20FN3O/c23-19-13-7-8-16(14-19)15-26-20(27)22(25-21(26)24,17-9-3-1-4-10-17)18-11-5-2-6-12-18/h1,3-5,7-14H,2,6,15H2,(H2,24,25). The Kier molecular flexibility index (Phi) is 4.36. The Morgan fingerprint density at radius 2 is 1.93 bits per heavy atom. The molecule has 0 bridgehead atoms. The van der Waals surface area contributed by atoms with E-state index in [2.05, 4.69) is 11.4 Å². The van der Waals surface area contributed by atoms with E-state index in [4.69, 9.17) is 5.41 Å². The normalized spacial score (nSPS) is 22.0. The van der Waals surface area contributed by atoms with Gasteiger partial charge in [0.05, 0.1) is 6.54 Å². The van der Waals surface area contributed by atoms with Gasteiger partial charge in [-0.2, -0.15) is 0 Å². The van der Waals surface area contributed by atoms with Crippen molar-refractivity contribution >= 4 is 11.9 Å². The minimum Gasteiger partial charge on any atom is -0.334 e. The van der Waals surface area contributed by atoms with Crippen molar-refractivity contribution in [3.63, 3.8) is 0 Å². The molecule has 2 aliphatic rings. The van der Waals surface area contributed by atoms with Crippen LogP contribution in [-0.2, 0) is 16.9 Å². The van der Waals surface area contributed by atoms with Gasteiger partial charge in [0.15, 0.2) is 11.5 Å². The highest BCUT2D eigenvalue weighted by Crippen LogP contribution is 2.38. The second kappa shape index (κ2) is 6.83. The van der Waals surface area contributed by atoms with Crippen molar-refractivity contribution in [1.29, 1.82) is 5.41 Å². The minimum absolute atomic E-state index is 0.0213. The number of carbonyl (C=O) groups is 1. The average Bonchev–Trinajstić information content (AvgIpc) is 2.95. The Labute approximate surface area is 157 Å². The molecule has 27 heavy (non-hydrogen) atoms. The second-order valence-corrected chi connectivity index (χ2v) is 6.75. The predicted molar refractivity (Wildman–Crippen MR) is 102 cm³/mol. The zero-order valence-corrected chi connectivity index (χ0v) is 14.8. The van der Waals surface area contributed by atoms with Crippen LogP contribution in [0.25, 0.3) is 0 Å². The van der Waals surface area contributed by atoms with E-state index in [1.165, 1.54) is 17.0 Å². The Balaban J connectivity index is 1.77. The summed E-state index contributed by atoms with van der Waals surface area (Å²) in [4.78, 5) is 15.0. The summed E-state index contributed by atoms with van der Waals surface area (Å²) in [6, 6.07) is 15.6. The number of nitrogens with one attached hydrogen (secondary N) is 2. The summed E-state index contributed by atoms with van der Waals surface area (Å²) >= 11 is 0. The molecule has 0 spiro atoms. The number of allylic oxidation sites excluding steroid dienone is 2. The van der Waals surface area contributed by atoms with Crippen LogP contribution in [0, 0.1) is 11.2 Å². The molecule has 2 aromatic carbocycles. The first-order valence-electron chi connectivity index (χ1n) is 8.97. The van der Waals surface area contributed by atoms with Gasteiger partial charge in [0.25, 0.3) is 5.91 Å². The predicted octanol–water partition coefficient (Wildman–Crippen LogP) is 3.86. The maximum absolute atomic E-state index is 13.6. The number of hydrogen-bond acceptors (Lipinski definition) is 2. The lowest BCUT2D eigenvalue weighted by atomic mass is 9.80. The summed E-state index contributed by atoms with van der Waals surface area (Å²) in [5, 5.41) is 11.5. The summed E-state index contributed by atoms with van der Waals surface area (Å²) in [5.41, 5.74) is 1.16. The van der Waals surface area contributed by atoms with Crippen molar-refractivity contribution in [2.45, 2.75) is 24.9 Å². The molecule has 1 unspecified atom stereocenters. The number of nitrogens with zero attached hydrogens (tertiary/aromatic N) is 1. The third-order valence-electron chi connectivity index (χ3n) is 5.01. The summed E-state index contributed by atoms with van der Waals surface area (Å²) in [7, 11) is 0. The Hall–Kier alpha value is -3.21. The van der Waals surface area contributed by atoms with Crippen molar-refractivity contribution in [2.24, 2.45) is 0 Å². The Bertz CT molecular complexity index is 951. The molecule has 1 amide bonds. The lowest BCUT2D eigenvalue weighted by Gasteiger charge is -2.30. The molecule has 1 fully saturated rings. The van der Waals surface area contributed by atoms with Crippen molar-refractivity contribution in [3.05, 3.63) is 95.3 Å². The average molecular weight is 361 g/mol. The molecule has 1 heterocycles. The largest absolute Gasteiger partial charge is 0.334 e. The molecule has 4 rings (SSSR count). The number of hydrogen-bond donors (Lipinski definition) is 2. The van der Waals surface area contributed by atoms with Gasteiger partial charge in [-0.25, -0.2) is 4.39 Å². The SMILES string of the molecule is N=C1NC(C2=CCCC=C2)(c2ccccc2)C(=O)N1Cc1cccc(F)c1. The van der Waals surface area contributed by atoms with Gasteiger partial charge < -0.3 is 5.32 Å². The molecule has 5 heteroatoms. The highest BCUT2D eigenvalue weighted by molar-refractivity contribution is 6.10. The van der Waals surface area contributed by atoms with Gasteiger partial charge in [-0.15, -0.1) is 0 Å². The molecule has 4 nitrogen and oxygen atoms in total. The van der Waals surface area contributed by atoms with Gasteiger partial charge in [-0.1, -0.05) is 60.7 Å². The number of guanidine groups is 1. The first-order chi connectivity index (χ1) is 13.1. The number of rotatable bonds is 4. The quantitative estimate of drug-likeness (QED) is 0.869. The van der Waals surface area contributed by atoms with Crippen LogP contribution in [0.2, 0.25) is 0 Å². The summed E-state index contributed by atoms with van der Waals surface area (Å²) < 4.78 is 13.6. The molecule has 1 aliphatic carbocycles. The number of halogens is 1. The van der Waals surface area contributed by atoms with Crippen molar-refractivity contribution in [2.75, 3.05) is 0 Å². The monoisotopic (exact) mass is 361 g/mol. The maximum atomic E-state index is 13.6. The number of amides is 1. The van der Waals surface area contributed by atoms with Gasteiger partial charge >= 0.3 is 0 Å². The zero-order chi connectivity index (χ0) is 18.9. The van der Waals surface area contributed by atoms with Crippen molar-refractivity contribution < 1.29 is 9.18 Å². The second-order valence-electron chi connectivity index (χ2n) is 6.75. The smallest absolute Gasteiger partial charge is 0.264 e. The minimum atomic E-state index is -1.12.